The van der Waals surface area contributed by atoms with Gasteiger partial charge in [-0.3, -0.25) is 0 Å². The Bertz CT molecular complexity index is 149. The van der Waals surface area contributed by atoms with Gasteiger partial charge >= 0.3 is 0 Å². The molecule has 0 N–H and O–H groups in total. The highest BCUT2D eigenvalue weighted by Crippen LogP contribution is 2.06. The molecule has 0 rings (SSSR count). The molecular formula is C10H16. The minimum atomic E-state index is 1.06. The van der Waals surface area contributed by atoms with E-state index in [0.717, 1.165) is 18.4 Å². The summed E-state index contributed by atoms with van der Waals surface area (Å²) < 4.78 is 0. The smallest absolute Gasteiger partial charge is 0.0310 e. The largest absolute Gasteiger partial charge is 0.103 e. The van der Waals surface area contributed by atoms with E-state index in [0.29, 0.717) is 0 Å². The second kappa shape index (κ2) is 5.04. The zero-order valence-electron chi connectivity index (χ0n) is 6.98. The van der Waals surface area contributed by atoms with Gasteiger partial charge in [-0.15, -0.1) is 6.58 Å². The van der Waals surface area contributed by atoms with Crippen LogP contribution >= 0.6 is 0 Å². The fraction of sp³-hybridized carbons (Fsp3) is 0.400. The highest BCUT2D eigenvalue weighted by molar-refractivity contribution is 5.23. The lowest BCUT2D eigenvalue weighted by molar-refractivity contribution is 1.04. The maximum absolute atomic E-state index is 3.84. The SMILES string of the molecule is C=CCC/C=C(\C)C(=C)C. The van der Waals surface area contributed by atoms with Gasteiger partial charge < -0.3 is 0 Å². The Kier molecular flexibility index (Phi) is 4.65. The topological polar surface area (TPSA) is 0 Å². The lowest BCUT2D eigenvalue weighted by Crippen LogP contribution is -1.75. The first-order valence-corrected chi connectivity index (χ1v) is 3.62. The van der Waals surface area contributed by atoms with Gasteiger partial charge in [-0.05, 0) is 26.7 Å². The maximum Gasteiger partial charge on any atom is -0.0310 e. The molecule has 0 spiro atoms. The molecule has 0 heteroatoms. The van der Waals surface area contributed by atoms with Crippen molar-refractivity contribution in [3.8, 4) is 0 Å². The van der Waals surface area contributed by atoms with Gasteiger partial charge in [0.15, 0.2) is 0 Å². The molecule has 0 bridgehead atoms. The van der Waals surface area contributed by atoms with Gasteiger partial charge in [-0.2, -0.15) is 0 Å². The van der Waals surface area contributed by atoms with E-state index in [-0.39, 0.29) is 0 Å². The molecule has 0 nitrogen and oxygen atoms in total. The van der Waals surface area contributed by atoms with Crippen molar-refractivity contribution in [2.24, 2.45) is 0 Å². The van der Waals surface area contributed by atoms with Crippen molar-refractivity contribution in [3.05, 3.63) is 36.5 Å². The maximum atomic E-state index is 3.84. The van der Waals surface area contributed by atoms with Crippen molar-refractivity contribution < 1.29 is 0 Å². The molecule has 0 amide bonds. The summed E-state index contributed by atoms with van der Waals surface area (Å²) in [4.78, 5) is 0. The van der Waals surface area contributed by atoms with Gasteiger partial charge in [-0.25, -0.2) is 0 Å². The van der Waals surface area contributed by atoms with Crippen LogP contribution in [0.3, 0.4) is 0 Å². The van der Waals surface area contributed by atoms with Gasteiger partial charge in [0.05, 0.1) is 0 Å². The van der Waals surface area contributed by atoms with Crippen LogP contribution in [0.15, 0.2) is 36.5 Å². The summed E-state index contributed by atoms with van der Waals surface area (Å²) in [6, 6.07) is 0. The van der Waals surface area contributed by atoms with Gasteiger partial charge in [-0.1, -0.05) is 29.9 Å². The molecule has 0 fully saturated rings. The molecular weight excluding hydrogens is 120 g/mol. The third-order valence-corrected chi connectivity index (χ3v) is 1.49. The van der Waals surface area contributed by atoms with Crippen LogP contribution in [-0.2, 0) is 0 Å². The highest BCUT2D eigenvalue weighted by Gasteiger charge is 1.86. The highest BCUT2D eigenvalue weighted by atomic mass is 13.9. The monoisotopic (exact) mass is 136 g/mol. The molecule has 0 aliphatic rings. The van der Waals surface area contributed by atoms with Crippen LogP contribution in [0.2, 0.25) is 0 Å². The summed E-state index contributed by atoms with van der Waals surface area (Å²) in [7, 11) is 0. The summed E-state index contributed by atoms with van der Waals surface area (Å²) in [5.74, 6) is 0. The van der Waals surface area contributed by atoms with Crippen molar-refractivity contribution in [1.29, 1.82) is 0 Å². The van der Waals surface area contributed by atoms with Crippen molar-refractivity contribution >= 4 is 0 Å². The second-order valence-corrected chi connectivity index (χ2v) is 2.53. The molecule has 0 radical (unpaired) electrons. The summed E-state index contributed by atoms with van der Waals surface area (Å²) in [5, 5.41) is 0. The van der Waals surface area contributed by atoms with E-state index in [4.69, 9.17) is 0 Å². The van der Waals surface area contributed by atoms with E-state index in [1.54, 1.807) is 0 Å². The summed E-state index contributed by atoms with van der Waals surface area (Å²) in [5.41, 5.74) is 2.45. The third-order valence-electron chi connectivity index (χ3n) is 1.49. The van der Waals surface area contributed by atoms with E-state index in [9.17, 15) is 0 Å². The Morgan fingerprint density at radius 2 is 1.90 bits per heavy atom. The van der Waals surface area contributed by atoms with Crippen LogP contribution in [-0.4, -0.2) is 0 Å². The summed E-state index contributed by atoms with van der Waals surface area (Å²) >= 11 is 0. The fourth-order valence-electron chi connectivity index (χ4n) is 0.592. The molecule has 0 heterocycles. The summed E-state index contributed by atoms with van der Waals surface area (Å²) in [6.07, 6.45) is 6.28. The minimum Gasteiger partial charge on any atom is -0.103 e. The lowest BCUT2D eigenvalue weighted by Gasteiger charge is -1.96. The van der Waals surface area contributed by atoms with Crippen LogP contribution in [0.25, 0.3) is 0 Å². The van der Waals surface area contributed by atoms with Crippen LogP contribution in [0.5, 0.6) is 0 Å². The predicted molar refractivity (Wildman–Crippen MR) is 48.0 cm³/mol. The Morgan fingerprint density at radius 3 is 2.30 bits per heavy atom. The second-order valence-electron chi connectivity index (χ2n) is 2.53. The molecule has 0 aliphatic carbocycles. The third kappa shape index (κ3) is 4.13. The van der Waals surface area contributed by atoms with Crippen molar-refractivity contribution in [2.45, 2.75) is 26.7 Å². The molecule has 10 heavy (non-hydrogen) atoms. The molecule has 0 atom stereocenters. The first-order chi connectivity index (χ1) is 4.68. The molecule has 0 aromatic heterocycles. The number of rotatable bonds is 4. The number of hydrogen-bond donors (Lipinski definition) is 0. The fourth-order valence-corrected chi connectivity index (χ4v) is 0.592. The molecule has 0 aliphatic heterocycles. The van der Waals surface area contributed by atoms with E-state index < -0.39 is 0 Å². The summed E-state index contributed by atoms with van der Waals surface area (Å²) in [6.45, 7) is 11.6. The minimum absolute atomic E-state index is 1.06. The van der Waals surface area contributed by atoms with Crippen LogP contribution in [0.4, 0.5) is 0 Å². The lowest BCUT2D eigenvalue weighted by atomic mass is 10.1. The van der Waals surface area contributed by atoms with E-state index in [1.807, 2.05) is 13.0 Å². The van der Waals surface area contributed by atoms with Crippen LogP contribution < -0.4 is 0 Å². The van der Waals surface area contributed by atoms with E-state index in [1.165, 1.54) is 5.57 Å². The Morgan fingerprint density at radius 1 is 1.30 bits per heavy atom. The Balaban J connectivity index is 3.68. The number of hydrogen-bond acceptors (Lipinski definition) is 0. The average molecular weight is 136 g/mol. The molecule has 0 aromatic rings. The van der Waals surface area contributed by atoms with Crippen molar-refractivity contribution in [3.63, 3.8) is 0 Å². The van der Waals surface area contributed by atoms with Gasteiger partial charge in [0.2, 0.25) is 0 Å². The van der Waals surface area contributed by atoms with Crippen molar-refractivity contribution in [1.82, 2.24) is 0 Å². The van der Waals surface area contributed by atoms with Gasteiger partial charge in [0.1, 0.15) is 0 Å². The van der Waals surface area contributed by atoms with E-state index >= 15 is 0 Å². The number of unbranched alkanes of at least 4 members (excludes halogenated alkanes) is 1. The van der Waals surface area contributed by atoms with Gasteiger partial charge in [0.25, 0.3) is 0 Å². The number of allylic oxidation sites excluding steroid dienone is 4. The quantitative estimate of drug-likeness (QED) is 0.315. The van der Waals surface area contributed by atoms with Crippen LogP contribution in [0, 0.1) is 0 Å². The molecule has 56 valence electrons. The first-order valence-electron chi connectivity index (χ1n) is 3.62. The molecule has 0 unspecified atom stereocenters. The average Bonchev–Trinajstić information content (AvgIpc) is 1.88. The molecule has 0 aromatic carbocycles. The normalized spacial score (nSPS) is 11.2. The van der Waals surface area contributed by atoms with Crippen LogP contribution in [0.1, 0.15) is 26.7 Å². The standard InChI is InChI=1S/C10H16/c1-5-6-7-8-10(4)9(2)3/h5,8H,1-2,6-7H2,3-4H3/b10-8+. The van der Waals surface area contributed by atoms with Gasteiger partial charge in [0, 0.05) is 0 Å². The predicted octanol–water partition coefficient (Wildman–Crippen LogP) is 3.48. The molecule has 0 saturated carbocycles. The van der Waals surface area contributed by atoms with Crippen molar-refractivity contribution in [2.75, 3.05) is 0 Å². The molecule has 0 saturated heterocycles. The van der Waals surface area contributed by atoms with E-state index in [2.05, 4.69) is 26.2 Å². The zero-order valence-corrected chi connectivity index (χ0v) is 6.98. The Labute approximate surface area is 64.0 Å². The Hall–Kier alpha value is -0.780. The zero-order chi connectivity index (χ0) is 7.98. The first kappa shape index (κ1) is 9.22.